The van der Waals surface area contributed by atoms with Crippen molar-refractivity contribution in [3.05, 3.63) is 72.3 Å². The lowest BCUT2D eigenvalue weighted by atomic mass is 9.97. The molecule has 0 aliphatic heterocycles. The van der Waals surface area contributed by atoms with E-state index in [0.717, 1.165) is 39.6 Å². The Labute approximate surface area is 137 Å². The predicted octanol–water partition coefficient (Wildman–Crippen LogP) is 4.84. The Kier molecular flexibility index (Phi) is 3.44. The number of benzene rings is 3. The minimum Gasteiger partial charge on any atom is -0.298 e. The summed E-state index contributed by atoms with van der Waals surface area (Å²) in [5, 5.41) is 0. The Balaban J connectivity index is 1.90. The lowest BCUT2D eigenvalue weighted by Gasteiger charge is -2.07. The maximum Gasteiger partial charge on any atom is 0.150 e. The minimum absolute atomic E-state index is 0.669. The highest BCUT2D eigenvalue weighted by atomic mass is 32.1. The summed E-state index contributed by atoms with van der Waals surface area (Å²) < 4.78 is 8.97. The van der Waals surface area contributed by atoms with Gasteiger partial charge in [-0.05, 0) is 11.1 Å². The maximum atomic E-state index is 10.8. The smallest absolute Gasteiger partial charge is 0.150 e. The van der Waals surface area contributed by atoms with Crippen LogP contribution in [0.4, 0.5) is 0 Å². The molecule has 0 spiro atoms. The van der Waals surface area contributed by atoms with Gasteiger partial charge in [-0.15, -0.1) is 0 Å². The van der Waals surface area contributed by atoms with Crippen LogP contribution in [-0.4, -0.2) is 15.0 Å². The van der Waals surface area contributed by atoms with E-state index in [1.807, 2.05) is 42.5 Å². The van der Waals surface area contributed by atoms with Crippen LogP contribution in [0.3, 0.4) is 0 Å². The van der Waals surface area contributed by atoms with Crippen molar-refractivity contribution in [1.82, 2.24) is 8.75 Å². The van der Waals surface area contributed by atoms with Gasteiger partial charge in [-0.25, -0.2) is 0 Å². The molecule has 3 nitrogen and oxygen atoms in total. The van der Waals surface area contributed by atoms with Gasteiger partial charge in [0.1, 0.15) is 17.3 Å². The van der Waals surface area contributed by atoms with Crippen LogP contribution in [0.15, 0.2) is 66.7 Å². The van der Waals surface area contributed by atoms with Crippen molar-refractivity contribution in [2.24, 2.45) is 0 Å². The molecule has 4 rings (SSSR count). The fraction of sp³-hybridized carbons (Fsp3) is 0. The van der Waals surface area contributed by atoms with Crippen LogP contribution in [0.1, 0.15) is 10.4 Å². The predicted molar refractivity (Wildman–Crippen MR) is 93.7 cm³/mol. The van der Waals surface area contributed by atoms with Gasteiger partial charge in [-0.2, -0.15) is 8.75 Å². The maximum absolute atomic E-state index is 10.8. The fourth-order valence-corrected chi connectivity index (χ4v) is 3.27. The molecule has 0 aliphatic carbocycles. The van der Waals surface area contributed by atoms with E-state index in [9.17, 15) is 4.79 Å². The molecule has 0 N–H and O–H groups in total. The second-order valence-electron chi connectivity index (χ2n) is 5.23. The van der Waals surface area contributed by atoms with E-state index in [0.29, 0.717) is 5.56 Å². The summed E-state index contributed by atoms with van der Waals surface area (Å²) in [5.74, 6) is 0. The Hall–Kier alpha value is -2.85. The van der Waals surface area contributed by atoms with Gasteiger partial charge in [-0.3, -0.25) is 4.79 Å². The zero-order valence-electron chi connectivity index (χ0n) is 12.1. The molecule has 0 unspecified atom stereocenters. The molecule has 4 heteroatoms. The van der Waals surface area contributed by atoms with E-state index in [2.05, 4.69) is 33.0 Å². The largest absolute Gasteiger partial charge is 0.298 e. The molecule has 0 radical (unpaired) electrons. The highest BCUT2D eigenvalue weighted by molar-refractivity contribution is 7.00. The number of aromatic nitrogens is 2. The fourth-order valence-electron chi connectivity index (χ4n) is 2.69. The summed E-state index contributed by atoms with van der Waals surface area (Å²) >= 11 is 1.22. The third kappa shape index (κ3) is 2.43. The van der Waals surface area contributed by atoms with Crippen LogP contribution in [0.5, 0.6) is 0 Å². The summed E-state index contributed by atoms with van der Waals surface area (Å²) in [5.41, 5.74) is 6.77. The van der Waals surface area contributed by atoms with Crippen molar-refractivity contribution < 1.29 is 4.79 Å². The van der Waals surface area contributed by atoms with E-state index < -0.39 is 0 Å². The van der Waals surface area contributed by atoms with Gasteiger partial charge in [0.25, 0.3) is 0 Å². The first kappa shape index (κ1) is 13.8. The summed E-state index contributed by atoms with van der Waals surface area (Å²) in [6.45, 7) is 0. The molecule has 4 aromatic rings. The second-order valence-corrected chi connectivity index (χ2v) is 5.76. The van der Waals surface area contributed by atoms with E-state index in [4.69, 9.17) is 0 Å². The van der Waals surface area contributed by atoms with Crippen LogP contribution in [-0.2, 0) is 0 Å². The Morgan fingerprint density at radius 1 is 0.696 bits per heavy atom. The molecule has 0 saturated carbocycles. The average molecular weight is 316 g/mol. The number of fused-ring (bicyclic) bond motifs is 1. The summed E-state index contributed by atoms with van der Waals surface area (Å²) in [4.78, 5) is 10.8. The van der Waals surface area contributed by atoms with Crippen molar-refractivity contribution in [3.63, 3.8) is 0 Å². The van der Waals surface area contributed by atoms with Crippen LogP contribution >= 0.6 is 11.7 Å². The van der Waals surface area contributed by atoms with Gasteiger partial charge in [-0.1, -0.05) is 66.7 Å². The monoisotopic (exact) mass is 316 g/mol. The van der Waals surface area contributed by atoms with E-state index in [1.54, 1.807) is 0 Å². The average Bonchev–Trinajstić information content (AvgIpc) is 3.11. The number of aldehydes is 1. The second kappa shape index (κ2) is 5.74. The first-order chi connectivity index (χ1) is 11.4. The van der Waals surface area contributed by atoms with E-state index >= 15 is 0 Å². The van der Waals surface area contributed by atoms with Gasteiger partial charge >= 0.3 is 0 Å². The normalized spacial score (nSPS) is 10.8. The van der Waals surface area contributed by atoms with Crippen LogP contribution < -0.4 is 0 Å². The molecule has 23 heavy (non-hydrogen) atoms. The first-order valence-electron chi connectivity index (χ1n) is 7.23. The van der Waals surface area contributed by atoms with E-state index in [1.165, 1.54) is 11.7 Å². The standard InChI is InChI=1S/C19H12N2OS/c22-12-13-6-8-15(9-7-13)17-11-10-16(14-4-2-1-3-5-14)18-19(17)21-23-20-18/h1-12H. The summed E-state index contributed by atoms with van der Waals surface area (Å²) in [7, 11) is 0. The number of carbonyl (C=O) groups excluding carboxylic acids is 1. The summed E-state index contributed by atoms with van der Waals surface area (Å²) in [6, 6.07) is 21.9. The molecular weight excluding hydrogens is 304 g/mol. The zero-order chi connectivity index (χ0) is 15.6. The van der Waals surface area contributed by atoms with Crippen molar-refractivity contribution in [2.45, 2.75) is 0 Å². The molecule has 3 aromatic carbocycles. The van der Waals surface area contributed by atoms with E-state index in [-0.39, 0.29) is 0 Å². The number of hydrogen-bond donors (Lipinski definition) is 0. The van der Waals surface area contributed by atoms with Gasteiger partial charge < -0.3 is 0 Å². The van der Waals surface area contributed by atoms with Crippen LogP contribution in [0, 0.1) is 0 Å². The number of carbonyl (C=O) groups is 1. The summed E-state index contributed by atoms with van der Waals surface area (Å²) in [6.07, 6.45) is 0.849. The molecule has 0 fully saturated rings. The van der Waals surface area contributed by atoms with Gasteiger partial charge in [0.2, 0.25) is 0 Å². The molecule has 110 valence electrons. The van der Waals surface area contributed by atoms with Crippen molar-refractivity contribution >= 4 is 29.0 Å². The van der Waals surface area contributed by atoms with Crippen molar-refractivity contribution in [3.8, 4) is 22.3 Å². The van der Waals surface area contributed by atoms with Crippen LogP contribution in [0.2, 0.25) is 0 Å². The molecule has 0 atom stereocenters. The lowest BCUT2D eigenvalue weighted by Crippen LogP contribution is -1.86. The molecule has 0 aliphatic rings. The van der Waals surface area contributed by atoms with Gasteiger partial charge in [0.05, 0.1) is 11.7 Å². The third-order valence-corrected chi connectivity index (χ3v) is 4.39. The minimum atomic E-state index is 0.669. The molecule has 1 heterocycles. The quantitative estimate of drug-likeness (QED) is 0.508. The first-order valence-corrected chi connectivity index (χ1v) is 7.96. The Morgan fingerprint density at radius 2 is 1.26 bits per heavy atom. The molecule has 0 bridgehead atoms. The lowest BCUT2D eigenvalue weighted by molar-refractivity contribution is 0.112. The molecule has 1 aromatic heterocycles. The SMILES string of the molecule is O=Cc1ccc(-c2ccc(-c3ccccc3)c3nsnc23)cc1. The number of rotatable bonds is 3. The molecular formula is C19H12N2OS. The molecule has 0 amide bonds. The number of nitrogens with zero attached hydrogens (tertiary/aromatic N) is 2. The van der Waals surface area contributed by atoms with Gasteiger partial charge in [0.15, 0.2) is 0 Å². The highest BCUT2D eigenvalue weighted by Gasteiger charge is 2.13. The van der Waals surface area contributed by atoms with Gasteiger partial charge in [0, 0.05) is 16.7 Å². The van der Waals surface area contributed by atoms with Crippen molar-refractivity contribution in [2.75, 3.05) is 0 Å². The third-order valence-electron chi connectivity index (χ3n) is 3.86. The van der Waals surface area contributed by atoms with Crippen LogP contribution in [0.25, 0.3) is 33.3 Å². The Bertz CT molecular complexity index is 975. The number of hydrogen-bond acceptors (Lipinski definition) is 4. The zero-order valence-corrected chi connectivity index (χ0v) is 13.0. The topological polar surface area (TPSA) is 42.9 Å². The molecule has 0 saturated heterocycles. The highest BCUT2D eigenvalue weighted by Crippen LogP contribution is 2.34. The van der Waals surface area contributed by atoms with Crippen molar-refractivity contribution in [1.29, 1.82) is 0 Å². The Morgan fingerprint density at radius 3 is 1.83 bits per heavy atom.